The number of thiophene rings is 1. The van der Waals surface area contributed by atoms with Gasteiger partial charge in [-0.25, -0.2) is 13.8 Å². The van der Waals surface area contributed by atoms with Crippen LogP contribution in [0.4, 0.5) is 19.6 Å². The number of halogens is 2. The number of benzene rings is 1. The standard InChI is InChI=1S/C21H21F2N3O3S/c1-11(28)7-12-8-15(22)19(16(23)9-12)17-10-14(20(24)29)21(30-17)26-18-4-2-3-13(25-18)5-6-27/h2-4,8-11,27-28H,5-7H2,1H3,(H2,24,29)(H,25,26). The van der Waals surface area contributed by atoms with E-state index in [4.69, 9.17) is 10.8 Å². The smallest absolute Gasteiger partial charge is 0.251 e. The van der Waals surface area contributed by atoms with Gasteiger partial charge >= 0.3 is 0 Å². The minimum atomic E-state index is -0.794. The predicted octanol–water partition coefficient (Wildman–Crippen LogP) is 3.39. The number of nitrogens with zero attached hydrogens (tertiary/aromatic N) is 1. The number of anilines is 2. The number of hydrogen-bond donors (Lipinski definition) is 4. The van der Waals surface area contributed by atoms with Gasteiger partial charge in [0.1, 0.15) is 22.5 Å². The van der Waals surface area contributed by atoms with E-state index in [1.165, 1.54) is 25.1 Å². The van der Waals surface area contributed by atoms with Crippen molar-refractivity contribution in [2.24, 2.45) is 5.73 Å². The Morgan fingerprint density at radius 2 is 1.97 bits per heavy atom. The van der Waals surface area contributed by atoms with Crippen LogP contribution in [0, 0.1) is 11.6 Å². The van der Waals surface area contributed by atoms with E-state index in [0.717, 1.165) is 11.3 Å². The Kier molecular flexibility index (Phi) is 6.76. The summed E-state index contributed by atoms with van der Waals surface area (Å²) in [6.07, 6.45) is -0.251. The second-order valence-corrected chi connectivity index (χ2v) is 7.87. The van der Waals surface area contributed by atoms with Crippen molar-refractivity contribution in [1.82, 2.24) is 4.98 Å². The summed E-state index contributed by atoms with van der Waals surface area (Å²) in [5.74, 6) is -1.93. The van der Waals surface area contributed by atoms with Crippen molar-refractivity contribution in [3.05, 3.63) is 64.9 Å². The van der Waals surface area contributed by atoms with Gasteiger partial charge < -0.3 is 21.3 Å². The van der Waals surface area contributed by atoms with Crippen molar-refractivity contribution in [2.75, 3.05) is 11.9 Å². The normalized spacial score (nSPS) is 12.0. The van der Waals surface area contributed by atoms with Crippen LogP contribution in [0.2, 0.25) is 0 Å². The lowest BCUT2D eigenvalue weighted by Crippen LogP contribution is -2.11. The van der Waals surface area contributed by atoms with Crippen LogP contribution in [-0.4, -0.2) is 33.8 Å². The van der Waals surface area contributed by atoms with Crippen molar-refractivity contribution in [3.63, 3.8) is 0 Å². The quantitative estimate of drug-likeness (QED) is 0.436. The monoisotopic (exact) mass is 433 g/mol. The molecule has 0 spiro atoms. The number of carbonyl (C=O) groups is 1. The number of amides is 1. The molecule has 9 heteroatoms. The first kappa shape index (κ1) is 21.8. The van der Waals surface area contributed by atoms with Crippen LogP contribution in [0.3, 0.4) is 0 Å². The highest BCUT2D eigenvalue weighted by Gasteiger charge is 2.21. The fraction of sp³-hybridized carbons (Fsp3) is 0.238. The zero-order valence-corrected chi connectivity index (χ0v) is 17.0. The van der Waals surface area contributed by atoms with Crippen molar-refractivity contribution < 1.29 is 23.8 Å². The minimum absolute atomic E-state index is 0.0598. The summed E-state index contributed by atoms with van der Waals surface area (Å²) in [5.41, 5.74) is 6.24. The minimum Gasteiger partial charge on any atom is -0.396 e. The number of primary amides is 1. The number of carbonyl (C=O) groups excluding carboxylic acids is 1. The van der Waals surface area contributed by atoms with E-state index in [9.17, 15) is 18.7 Å². The number of hydrogen-bond acceptors (Lipinski definition) is 6. The summed E-state index contributed by atoms with van der Waals surface area (Å²) in [6.45, 7) is 1.47. The average molecular weight is 433 g/mol. The van der Waals surface area contributed by atoms with E-state index >= 15 is 0 Å². The summed E-state index contributed by atoms with van der Waals surface area (Å²) in [6, 6.07) is 8.82. The summed E-state index contributed by atoms with van der Waals surface area (Å²) >= 11 is 0.972. The molecule has 0 aliphatic heterocycles. The second-order valence-electron chi connectivity index (χ2n) is 6.82. The molecule has 0 aliphatic carbocycles. The van der Waals surface area contributed by atoms with Gasteiger partial charge in [-0.15, -0.1) is 11.3 Å². The molecule has 6 nitrogen and oxygen atoms in total. The zero-order chi connectivity index (χ0) is 21.8. The van der Waals surface area contributed by atoms with Gasteiger partial charge in [0.05, 0.1) is 17.2 Å². The third kappa shape index (κ3) is 4.99. The first-order valence-electron chi connectivity index (χ1n) is 9.22. The number of nitrogens with two attached hydrogens (primary N) is 1. The average Bonchev–Trinajstić information content (AvgIpc) is 3.04. The molecular weight excluding hydrogens is 412 g/mol. The molecule has 1 unspecified atom stereocenters. The third-order valence-corrected chi connectivity index (χ3v) is 5.36. The van der Waals surface area contributed by atoms with Gasteiger partial charge in [-0.1, -0.05) is 6.07 Å². The molecule has 0 saturated heterocycles. The van der Waals surface area contributed by atoms with Crippen LogP contribution in [0.25, 0.3) is 10.4 Å². The SMILES string of the molecule is CC(O)Cc1cc(F)c(-c2cc(C(N)=O)c(Nc3cccc(CCO)n3)s2)c(F)c1. The molecule has 0 aliphatic rings. The number of aliphatic hydroxyl groups excluding tert-OH is 2. The Labute approximate surface area is 176 Å². The molecule has 3 aromatic rings. The lowest BCUT2D eigenvalue weighted by molar-refractivity contribution is 0.100. The highest BCUT2D eigenvalue weighted by atomic mass is 32.1. The van der Waals surface area contributed by atoms with Gasteiger partial charge in [0.25, 0.3) is 5.91 Å². The lowest BCUT2D eigenvalue weighted by atomic mass is 10.0. The number of aromatic nitrogens is 1. The largest absolute Gasteiger partial charge is 0.396 e. The van der Waals surface area contributed by atoms with Gasteiger partial charge in [0, 0.05) is 23.6 Å². The number of aliphatic hydroxyl groups is 2. The van der Waals surface area contributed by atoms with Gasteiger partial charge in [-0.3, -0.25) is 4.79 Å². The maximum atomic E-state index is 14.7. The van der Waals surface area contributed by atoms with Crippen LogP contribution in [0.5, 0.6) is 0 Å². The Hall–Kier alpha value is -2.88. The van der Waals surface area contributed by atoms with E-state index in [2.05, 4.69) is 10.3 Å². The molecule has 1 aromatic carbocycles. The molecular formula is C21H21F2N3O3S. The molecule has 1 atom stereocenters. The number of nitrogens with one attached hydrogen (secondary N) is 1. The maximum absolute atomic E-state index is 14.7. The molecule has 5 N–H and O–H groups in total. The fourth-order valence-corrected chi connectivity index (χ4v) is 4.15. The van der Waals surface area contributed by atoms with Gasteiger partial charge in [-0.05, 0) is 49.2 Å². The Morgan fingerprint density at radius 1 is 1.27 bits per heavy atom. The van der Waals surface area contributed by atoms with E-state index in [1.54, 1.807) is 18.2 Å². The highest BCUT2D eigenvalue weighted by Crippen LogP contribution is 2.39. The lowest BCUT2D eigenvalue weighted by Gasteiger charge is -2.08. The molecule has 0 bridgehead atoms. The van der Waals surface area contributed by atoms with Gasteiger partial charge in [0.15, 0.2) is 0 Å². The third-order valence-electron chi connectivity index (χ3n) is 4.29. The molecule has 2 aromatic heterocycles. The summed E-state index contributed by atoms with van der Waals surface area (Å²) < 4.78 is 29.3. The van der Waals surface area contributed by atoms with Crippen molar-refractivity contribution in [3.8, 4) is 10.4 Å². The highest BCUT2D eigenvalue weighted by molar-refractivity contribution is 7.20. The Bertz CT molecular complexity index is 1050. The Balaban J connectivity index is 1.99. The first-order valence-corrected chi connectivity index (χ1v) is 10.0. The van der Waals surface area contributed by atoms with Crippen LogP contribution >= 0.6 is 11.3 Å². The summed E-state index contributed by atoms with van der Waals surface area (Å²) in [4.78, 5) is 16.4. The van der Waals surface area contributed by atoms with E-state index in [1.807, 2.05) is 0 Å². The van der Waals surface area contributed by atoms with Crippen LogP contribution in [0.1, 0.15) is 28.5 Å². The summed E-state index contributed by atoms with van der Waals surface area (Å²) in [5, 5.41) is 21.8. The molecule has 0 radical (unpaired) electrons. The molecule has 158 valence electrons. The topological polar surface area (TPSA) is 108 Å². The second kappa shape index (κ2) is 9.29. The predicted molar refractivity (Wildman–Crippen MR) is 112 cm³/mol. The van der Waals surface area contributed by atoms with Crippen LogP contribution in [-0.2, 0) is 12.8 Å². The van der Waals surface area contributed by atoms with Crippen LogP contribution in [0.15, 0.2) is 36.4 Å². The molecule has 30 heavy (non-hydrogen) atoms. The molecule has 1 amide bonds. The fourth-order valence-electron chi connectivity index (χ4n) is 3.03. The molecule has 0 saturated carbocycles. The maximum Gasteiger partial charge on any atom is 0.251 e. The van der Waals surface area contributed by atoms with E-state index in [0.29, 0.717) is 28.5 Å². The molecule has 3 rings (SSSR count). The van der Waals surface area contributed by atoms with Crippen molar-refractivity contribution >= 4 is 28.1 Å². The van der Waals surface area contributed by atoms with Crippen molar-refractivity contribution in [2.45, 2.75) is 25.9 Å². The van der Waals surface area contributed by atoms with Crippen LogP contribution < -0.4 is 11.1 Å². The number of pyridine rings is 1. The first-order chi connectivity index (χ1) is 14.3. The van der Waals surface area contributed by atoms with E-state index < -0.39 is 23.6 Å². The van der Waals surface area contributed by atoms with Crippen molar-refractivity contribution in [1.29, 1.82) is 0 Å². The summed E-state index contributed by atoms with van der Waals surface area (Å²) in [7, 11) is 0. The Morgan fingerprint density at radius 3 is 2.57 bits per heavy atom. The molecule has 0 fully saturated rings. The molecule has 2 heterocycles. The van der Waals surface area contributed by atoms with Gasteiger partial charge in [-0.2, -0.15) is 0 Å². The van der Waals surface area contributed by atoms with Gasteiger partial charge in [0.2, 0.25) is 0 Å². The zero-order valence-electron chi connectivity index (χ0n) is 16.2. The van der Waals surface area contributed by atoms with E-state index in [-0.39, 0.29) is 29.0 Å². The number of rotatable bonds is 8.